The number of hydrogen-bond donors (Lipinski definition) is 1. The van der Waals surface area contributed by atoms with Crippen molar-refractivity contribution in [2.24, 2.45) is 0 Å². The largest absolute Gasteiger partial charge is 0.231 e. The Morgan fingerprint density at radius 1 is 1.33 bits per heavy atom. The number of rotatable bonds is 5. The number of hydroxylamine groups is 2. The maximum absolute atomic E-state index is 4.62. The molecule has 0 aromatic rings. The zero-order valence-electron chi connectivity index (χ0n) is 5.29. The molecule has 9 heavy (non-hydrogen) atoms. The van der Waals surface area contributed by atoms with Gasteiger partial charge in [0.15, 0.2) is 0 Å². The predicted molar refractivity (Wildman–Crippen MR) is 42.0 cm³/mol. The van der Waals surface area contributed by atoms with Crippen molar-refractivity contribution in [3.8, 4) is 0 Å². The fourth-order valence-corrected chi connectivity index (χ4v) is 0.563. The Hall–Kier alpha value is -0.250. The molecule has 0 rings (SSSR count). The number of hydrogen-bond acceptors (Lipinski definition) is 3. The summed E-state index contributed by atoms with van der Waals surface area (Å²) in [6.07, 6.45) is 3.47. The fraction of sp³-hybridized carbons (Fsp3) is 0.333. The van der Waals surface area contributed by atoms with Crippen LogP contribution in [0.2, 0.25) is 0 Å². The molecule has 0 aliphatic carbocycles. The summed E-state index contributed by atoms with van der Waals surface area (Å²) >= 11 is 3.61. The zero-order chi connectivity index (χ0) is 7.11. The lowest BCUT2D eigenvalue weighted by molar-refractivity contribution is -0.00901. The van der Waals surface area contributed by atoms with Gasteiger partial charge in [-0.2, -0.15) is 5.06 Å². The average Bonchev–Trinajstić information content (AvgIpc) is 1.88. The van der Waals surface area contributed by atoms with E-state index < -0.39 is 0 Å². The van der Waals surface area contributed by atoms with E-state index >= 15 is 0 Å². The van der Waals surface area contributed by atoms with Crippen molar-refractivity contribution in [3.63, 3.8) is 0 Å². The van der Waals surface area contributed by atoms with Gasteiger partial charge in [0.1, 0.15) is 0 Å². The highest BCUT2D eigenvalue weighted by Gasteiger charge is 1.94. The van der Waals surface area contributed by atoms with Crippen molar-refractivity contribution in [2.75, 3.05) is 13.1 Å². The van der Waals surface area contributed by atoms with Crippen LogP contribution in [0, 0.1) is 0 Å². The Morgan fingerprint density at radius 3 is 2.00 bits per heavy atom. The summed E-state index contributed by atoms with van der Waals surface area (Å²) in [6.45, 7) is 8.41. The Bertz CT molecular complexity index is 85.1. The van der Waals surface area contributed by atoms with Gasteiger partial charge in [0.05, 0.1) is 0 Å². The highest BCUT2D eigenvalue weighted by molar-refractivity contribution is 7.75. The van der Waals surface area contributed by atoms with E-state index in [1.54, 1.807) is 17.2 Å². The van der Waals surface area contributed by atoms with E-state index in [0.29, 0.717) is 13.1 Å². The van der Waals surface area contributed by atoms with Crippen molar-refractivity contribution in [3.05, 3.63) is 25.3 Å². The Labute approximate surface area is 61.4 Å². The van der Waals surface area contributed by atoms with E-state index in [1.165, 1.54) is 0 Å². The van der Waals surface area contributed by atoms with Crippen LogP contribution in [0.25, 0.3) is 0 Å². The van der Waals surface area contributed by atoms with Crippen molar-refractivity contribution >= 4 is 12.9 Å². The van der Waals surface area contributed by atoms with Gasteiger partial charge in [0.2, 0.25) is 0 Å². The van der Waals surface area contributed by atoms with Crippen LogP contribution in [-0.2, 0) is 4.28 Å². The molecular formula is C6H11NOS. The minimum atomic E-state index is 0.662. The highest BCUT2D eigenvalue weighted by Crippen LogP contribution is 1.92. The molecule has 0 heterocycles. The summed E-state index contributed by atoms with van der Waals surface area (Å²) < 4.78 is 4.62. The van der Waals surface area contributed by atoms with Crippen LogP contribution in [0.3, 0.4) is 0 Å². The van der Waals surface area contributed by atoms with Gasteiger partial charge in [-0.05, 0) is 12.9 Å². The highest BCUT2D eigenvalue weighted by atomic mass is 32.1. The van der Waals surface area contributed by atoms with Gasteiger partial charge in [-0.3, -0.25) is 0 Å². The first-order chi connectivity index (χ1) is 4.35. The van der Waals surface area contributed by atoms with Gasteiger partial charge >= 0.3 is 0 Å². The molecule has 0 atom stereocenters. The van der Waals surface area contributed by atoms with Gasteiger partial charge in [0, 0.05) is 13.1 Å². The average molecular weight is 145 g/mol. The van der Waals surface area contributed by atoms with Crippen molar-refractivity contribution in [1.82, 2.24) is 5.06 Å². The normalized spacial score (nSPS) is 9.56. The molecule has 0 aliphatic rings. The summed E-state index contributed by atoms with van der Waals surface area (Å²) in [5, 5.41) is 1.61. The predicted octanol–water partition coefficient (Wildman–Crippen LogP) is 1.44. The van der Waals surface area contributed by atoms with Gasteiger partial charge in [-0.15, -0.1) is 13.2 Å². The lowest BCUT2D eigenvalue weighted by atomic mass is 10.5. The maximum atomic E-state index is 4.62. The third kappa shape index (κ3) is 4.27. The standard InChI is InChI=1S/C6H11NOS/c1-3-5-7(8-9)6-4-2/h3-4,9H,1-2,5-6H2. The molecule has 52 valence electrons. The summed E-state index contributed by atoms with van der Waals surface area (Å²) in [7, 11) is 0. The molecule has 3 heteroatoms. The molecular weight excluding hydrogens is 134 g/mol. The first kappa shape index (κ1) is 8.75. The van der Waals surface area contributed by atoms with Crippen LogP contribution in [0.5, 0.6) is 0 Å². The Kier molecular flexibility index (Phi) is 5.72. The molecule has 0 aromatic carbocycles. The molecule has 0 saturated carbocycles. The third-order valence-electron chi connectivity index (χ3n) is 0.781. The van der Waals surface area contributed by atoms with Gasteiger partial charge in [-0.1, -0.05) is 12.2 Å². The second-order valence-electron chi connectivity index (χ2n) is 1.51. The van der Waals surface area contributed by atoms with Crippen LogP contribution < -0.4 is 0 Å². The van der Waals surface area contributed by atoms with Gasteiger partial charge < -0.3 is 0 Å². The number of thiol groups is 1. The second kappa shape index (κ2) is 5.88. The zero-order valence-corrected chi connectivity index (χ0v) is 6.18. The van der Waals surface area contributed by atoms with E-state index in [0.717, 1.165) is 0 Å². The van der Waals surface area contributed by atoms with E-state index in [2.05, 4.69) is 30.4 Å². The molecule has 0 saturated heterocycles. The summed E-state index contributed by atoms with van der Waals surface area (Å²) in [5.41, 5.74) is 0. The molecule has 0 aromatic heterocycles. The van der Waals surface area contributed by atoms with Crippen LogP contribution in [-0.4, -0.2) is 18.2 Å². The first-order valence-corrected chi connectivity index (χ1v) is 3.00. The summed E-state index contributed by atoms with van der Waals surface area (Å²) in [4.78, 5) is 0. The lowest BCUT2D eigenvalue weighted by Gasteiger charge is -2.12. The smallest absolute Gasteiger partial charge is 0.0434 e. The molecule has 0 radical (unpaired) electrons. The first-order valence-electron chi connectivity index (χ1n) is 2.63. The molecule has 0 fully saturated rings. The molecule has 0 amide bonds. The Balaban J connectivity index is 3.39. The minimum Gasteiger partial charge on any atom is -0.231 e. The van der Waals surface area contributed by atoms with E-state index in [9.17, 15) is 0 Å². The molecule has 2 nitrogen and oxygen atoms in total. The molecule has 0 bridgehead atoms. The van der Waals surface area contributed by atoms with E-state index in [1.807, 2.05) is 0 Å². The molecule has 0 aliphatic heterocycles. The maximum Gasteiger partial charge on any atom is 0.0434 e. The van der Waals surface area contributed by atoms with Crippen molar-refractivity contribution < 1.29 is 4.28 Å². The fourth-order valence-electron chi connectivity index (χ4n) is 0.429. The summed E-state index contributed by atoms with van der Waals surface area (Å²) in [5.74, 6) is 0. The Morgan fingerprint density at radius 2 is 1.78 bits per heavy atom. The third-order valence-corrected chi connectivity index (χ3v) is 1.01. The topological polar surface area (TPSA) is 12.5 Å². The second-order valence-corrected chi connectivity index (χ2v) is 1.67. The SMILES string of the molecule is C=CCN(CC=C)OS. The minimum absolute atomic E-state index is 0.662. The quantitative estimate of drug-likeness (QED) is 0.272. The molecule has 0 N–H and O–H groups in total. The van der Waals surface area contributed by atoms with Crippen molar-refractivity contribution in [2.45, 2.75) is 0 Å². The van der Waals surface area contributed by atoms with Gasteiger partial charge in [0.25, 0.3) is 0 Å². The molecule has 0 unspecified atom stereocenters. The van der Waals surface area contributed by atoms with E-state index in [-0.39, 0.29) is 0 Å². The summed E-state index contributed by atoms with van der Waals surface area (Å²) in [6, 6.07) is 0. The van der Waals surface area contributed by atoms with Gasteiger partial charge in [-0.25, -0.2) is 4.28 Å². The van der Waals surface area contributed by atoms with Crippen molar-refractivity contribution in [1.29, 1.82) is 0 Å². The monoisotopic (exact) mass is 145 g/mol. The van der Waals surface area contributed by atoms with Crippen LogP contribution in [0.4, 0.5) is 0 Å². The van der Waals surface area contributed by atoms with Crippen LogP contribution >= 0.6 is 12.9 Å². The van der Waals surface area contributed by atoms with Crippen LogP contribution in [0.15, 0.2) is 25.3 Å². The molecule has 0 spiro atoms. The van der Waals surface area contributed by atoms with Crippen LogP contribution in [0.1, 0.15) is 0 Å². The lowest BCUT2D eigenvalue weighted by Crippen LogP contribution is -2.19. The number of nitrogens with zero attached hydrogens (tertiary/aromatic N) is 1. The van der Waals surface area contributed by atoms with E-state index in [4.69, 9.17) is 0 Å².